The maximum absolute atomic E-state index is 13.3. The minimum Gasteiger partial charge on any atom is -0.399 e. The van der Waals surface area contributed by atoms with Crippen LogP contribution in [0.4, 0.5) is 15.8 Å². The molecule has 0 saturated heterocycles. The van der Waals surface area contributed by atoms with Gasteiger partial charge in [0.25, 0.3) is 10.0 Å². The van der Waals surface area contributed by atoms with Crippen LogP contribution in [-0.4, -0.2) is 8.42 Å². The van der Waals surface area contributed by atoms with Gasteiger partial charge >= 0.3 is 0 Å². The first kappa shape index (κ1) is 14.8. The van der Waals surface area contributed by atoms with Gasteiger partial charge in [0, 0.05) is 10.2 Å². The smallest absolute Gasteiger partial charge is 0.262 e. The molecule has 0 spiro atoms. The van der Waals surface area contributed by atoms with Gasteiger partial charge in [-0.25, -0.2) is 12.8 Å². The molecule has 0 heterocycles. The Morgan fingerprint density at radius 2 is 1.95 bits per heavy atom. The van der Waals surface area contributed by atoms with Crippen molar-refractivity contribution in [2.45, 2.75) is 11.8 Å². The van der Waals surface area contributed by atoms with E-state index >= 15 is 0 Å². The zero-order chi connectivity index (χ0) is 14.9. The van der Waals surface area contributed by atoms with E-state index in [-0.39, 0.29) is 10.6 Å². The van der Waals surface area contributed by atoms with Gasteiger partial charge in [0.15, 0.2) is 0 Å². The van der Waals surface area contributed by atoms with Crippen molar-refractivity contribution in [2.24, 2.45) is 0 Å². The van der Waals surface area contributed by atoms with Crippen molar-refractivity contribution in [3.8, 4) is 0 Å². The van der Waals surface area contributed by atoms with Gasteiger partial charge in [-0.2, -0.15) is 0 Å². The van der Waals surface area contributed by atoms with E-state index in [2.05, 4.69) is 20.7 Å². The Morgan fingerprint density at radius 3 is 2.60 bits per heavy atom. The van der Waals surface area contributed by atoms with Crippen LogP contribution < -0.4 is 10.5 Å². The standard InChI is InChI=1S/C13H12BrFN2O2S/c1-8-3-2-4-12(13(8)14)17-20(18,19)11-6-9(15)5-10(16)7-11/h2-7,17H,16H2,1H3. The second-order valence-electron chi connectivity index (χ2n) is 4.26. The summed E-state index contributed by atoms with van der Waals surface area (Å²) in [5.74, 6) is -0.700. The molecule has 0 atom stereocenters. The van der Waals surface area contributed by atoms with Crippen LogP contribution in [0.25, 0.3) is 0 Å². The maximum atomic E-state index is 13.3. The van der Waals surface area contributed by atoms with E-state index in [9.17, 15) is 12.8 Å². The first-order valence-corrected chi connectivity index (χ1v) is 7.91. The quantitative estimate of drug-likeness (QED) is 0.827. The van der Waals surface area contributed by atoms with Crippen LogP contribution in [0, 0.1) is 12.7 Å². The van der Waals surface area contributed by atoms with Gasteiger partial charge in [0.2, 0.25) is 0 Å². The molecule has 106 valence electrons. The van der Waals surface area contributed by atoms with Crippen molar-refractivity contribution in [1.29, 1.82) is 0 Å². The number of aryl methyl sites for hydroxylation is 1. The Morgan fingerprint density at radius 1 is 1.25 bits per heavy atom. The van der Waals surface area contributed by atoms with Crippen LogP contribution >= 0.6 is 15.9 Å². The van der Waals surface area contributed by atoms with Gasteiger partial charge in [-0.3, -0.25) is 4.72 Å². The number of hydrogen-bond donors (Lipinski definition) is 2. The topological polar surface area (TPSA) is 72.2 Å². The Kier molecular flexibility index (Phi) is 4.01. The molecule has 0 amide bonds. The Balaban J connectivity index is 2.43. The number of anilines is 2. The maximum Gasteiger partial charge on any atom is 0.262 e. The molecular weight excluding hydrogens is 347 g/mol. The van der Waals surface area contributed by atoms with E-state index in [0.29, 0.717) is 10.2 Å². The first-order valence-electron chi connectivity index (χ1n) is 5.63. The summed E-state index contributed by atoms with van der Waals surface area (Å²) in [6.07, 6.45) is 0. The molecule has 20 heavy (non-hydrogen) atoms. The van der Waals surface area contributed by atoms with Crippen LogP contribution in [0.2, 0.25) is 0 Å². The van der Waals surface area contributed by atoms with Crippen molar-refractivity contribution in [2.75, 3.05) is 10.5 Å². The minimum atomic E-state index is -3.90. The molecule has 0 radical (unpaired) electrons. The fourth-order valence-corrected chi connectivity index (χ4v) is 3.30. The third kappa shape index (κ3) is 3.10. The van der Waals surface area contributed by atoms with Crippen LogP contribution in [0.15, 0.2) is 45.8 Å². The van der Waals surface area contributed by atoms with Crippen molar-refractivity contribution in [3.63, 3.8) is 0 Å². The van der Waals surface area contributed by atoms with Crippen LogP contribution in [-0.2, 0) is 10.0 Å². The second kappa shape index (κ2) is 5.41. The van der Waals surface area contributed by atoms with Crippen molar-refractivity contribution < 1.29 is 12.8 Å². The molecule has 2 aromatic rings. The van der Waals surface area contributed by atoms with Gasteiger partial charge in [-0.05, 0) is 52.7 Å². The van der Waals surface area contributed by atoms with Crippen molar-refractivity contribution in [3.05, 3.63) is 52.3 Å². The minimum absolute atomic E-state index is 0.0497. The molecular formula is C13H12BrFN2O2S. The molecule has 0 aliphatic heterocycles. The summed E-state index contributed by atoms with van der Waals surface area (Å²) in [5.41, 5.74) is 6.77. The Labute approximate surface area is 125 Å². The number of nitrogens with two attached hydrogens (primary N) is 1. The van der Waals surface area contributed by atoms with E-state index in [0.717, 1.165) is 17.7 Å². The third-order valence-electron chi connectivity index (χ3n) is 2.64. The summed E-state index contributed by atoms with van der Waals surface area (Å²) in [7, 11) is -3.90. The van der Waals surface area contributed by atoms with E-state index in [4.69, 9.17) is 5.73 Å². The van der Waals surface area contributed by atoms with Crippen LogP contribution in [0.3, 0.4) is 0 Å². The molecule has 4 nitrogen and oxygen atoms in total. The highest BCUT2D eigenvalue weighted by Gasteiger charge is 2.17. The lowest BCUT2D eigenvalue weighted by Crippen LogP contribution is -2.14. The summed E-state index contributed by atoms with van der Waals surface area (Å²) in [4.78, 5) is -0.219. The zero-order valence-electron chi connectivity index (χ0n) is 10.5. The van der Waals surface area contributed by atoms with Crippen LogP contribution in [0.5, 0.6) is 0 Å². The average Bonchev–Trinajstić information content (AvgIpc) is 2.33. The molecule has 0 fully saturated rings. The largest absolute Gasteiger partial charge is 0.399 e. The highest BCUT2D eigenvalue weighted by molar-refractivity contribution is 9.10. The lowest BCUT2D eigenvalue weighted by atomic mass is 10.2. The highest BCUT2D eigenvalue weighted by Crippen LogP contribution is 2.28. The number of benzene rings is 2. The molecule has 2 rings (SSSR count). The highest BCUT2D eigenvalue weighted by atomic mass is 79.9. The summed E-state index contributed by atoms with van der Waals surface area (Å²) in [6, 6.07) is 8.34. The molecule has 0 bridgehead atoms. The van der Waals surface area contributed by atoms with E-state index in [1.54, 1.807) is 12.1 Å². The fourth-order valence-electron chi connectivity index (χ4n) is 1.67. The predicted molar refractivity (Wildman–Crippen MR) is 80.5 cm³/mol. The zero-order valence-corrected chi connectivity index (χ0v) is 12.9. The first-order chi connectivity index (χ1) is 9.29. The van der Waals surface area contributed by atoms with Gasteiger partial charge in [-0.15, -0.1) is 0 Å². The molecule has 0 saturated carbocycles. The lowest BCUT2D eigenvalue weighted by Gasteiger charge is -2.11. The average molecular weight is 359 g/mol. The van der Waals surface area contributed by atoms with Crippen molar-refractivity contribution in [1.82, 2.24) is 0 Å². The number of sulfonamides is 1. The Hall–Kier alpha value is -1.60. The summed E-state index contributed by atoms with van der Waals surface area (Å²) in [5, 5.41) is 0. The van der Waals surface area contributed by atoms with Gasteiger partial charge < -0.3 is 5.73 Å². The van der Waals surface area contributed by atoms with Crippen LogP contribution in [0.1, 0.15) is 5.56 Å². The molecule has 0 unspecified atom stereocenters. The van der Waals surface area contributed by atoms with Gasteiger partial charge in [-0.1, -0.05) is 12.1 Å². The number of hydrogen-bond acceptors (Lipinski definition) is 3. The number of rotatable bonds is 3. The molecule has 7 heteroatoms. The van der Waals surface area contributed by atoms with Gasteiger partial charge in [0.05, 0.1) is 10.6 Å². The van der Waals surface area contributed by atoms with Gasteiger partial charge in [0.1, 0.15) is 5.82 Å². The summed E-state index contributed by atoms with van der Waals surface area (Å²) < 4.78 is 40.7. The molecule has 3 N–H and O–H groups in total. The van der Waals surface area contributed by atoms with E-state index < -0.39 is 15.8 Å². The summed E-state index contributed by atoms with van der Waals surface area (Å²) in [6.45, 7) is 1.84. The van der Waals surface area contributed by atoms with Crippen molar-refractivity contribution >= 4 is 37.3 Å². The second-order valence-corrected chi connectivity index (χ2v) is 6.74. The monoisotopic (exact) mass is 358 g/mol. The number of nitrogen functional groups attached to an aromatic ring is 1. The number of nitrogens with one attached hydrogen (secondary N) is 1. The van der Waals surface area contributed by atoms with E-state index in [1.165, 1.54) is 6.07 Å². The third-order valence-corrected chi connectivity index (χ3v) is 5.04. The molecule has 0 aliphatic rings. The number of halogens is 2. The fraction of sp³-hybridized carbons (Fsp3) is 0.0769. The molecule has 0 aromatic heterocycles. The Bertz CT molecular complexity index is 743. The molecule has 2 aromatic carbocycles. The predicted octanol–water partition coefficient (Wildman–Crippen LogP) is 3.28. The molecule has 0 aliphatic carbocycles. The normalized spacial score (nSPS) is 11.3. The lowest BCUT2D eigenvalue weighted by molar-refractivity contribution is 0.595. The summed E-state index contributed by atoms with van der Waals surface area (Å²) >= 11 is 3.31. The SMILES string of the molecule is Cc1cccc(NS(=O)(=O)c2cc(N)cc(F)c2)c1Br. The van der Waals surface area contributed by atoms with E-state index in [1.807, 2.05) is 13.0 Å².